The number of hydrogen-bond donors (Lipinski definition) is 2. The summed E-state index contributed by atoms with van der Waals surface area (Å²) in [6, 6.07) is 5.81. The minimum absolute atomic E-state index is 0.140. The van der Waals surface area contributed by atoms with E-state index < -0.39 is 6.10 Å². The fourth-order valence-corrected chi connectivity index (χ4v) is 4.82. The van der Waals surface area contributed by atoms with Gasteiger partial charge in [-0.1, -0.05) is 6.42 Å². The third kappa shape index (κ3) is 3.49. The summed E-state index contributed by atoms with van der Waals surface area (Å²) in [6.07, 6.45) is 4.70. The molecule has 1 aliphatic carbocycles. The third-order valence-corrected chi connectivity index (χ3v) is 6.07. The number of hydrogen-bond acceptors (Lipinski definition) is 5. The minimum Gasteiger partial charge on any atom is -0.392 e. The van der Waals surface area contributed by atoms with Crippen molar-refractivity contribution < 1.29 is 9.50 Å². The molecule has 0 aliphatic heterocycles. The summed E-state index contributed by atoms with van der Waals surface area (Å²) >= 11 is 1.60. The summed E-state index contributed by atoms with van der Waals surface area (Å²) in [5.41, 5.74) is 1.54. The zero-order chi connectivity index (χ0) is 19.0. The van der Waals surface area contributed by atoms with Gasteiger partial charge in [0.1, 0.15) is 10.6 Å². The summed E-state index contributed by atoms with van der Waals surface area (Å²) in [6.45, 7) is 1.93. The fourth-order valence-electron chi connectivity index (χ4n) is 3.57. The average Bonchev–Trinajstić information content (AvgIpc) is 2.82. The lowest BCUT2D eigenvalue weighted by atomic mass is 10.1. The highest BCUT2D eigenvalue weighted by molar-refractivity contribution is 7.18. The Bertz CT molecular complexity index is 1020. The number of aryl methyl sites for hydroxylation is 2. The van der Waals surface area contributed by atoms with Crippen molar-refractivity contribution in [1.29, 1.82) is 0 Å². The van der Waals surface area contributed by atoms with E-state index in [2.05, 4.69) is 5.32 Å². The first-order chi connectivity index (χ1) is 13.0. The van der Waals surface area contributed by atoms with E-state index >= 15 is 0 Å². The van der Waals surface area contributed by atoms with Crippen LogP contribution in [0.25, 0.3) is 15.9 Å². The SMILES string of the molecule is C[C@H](O)CNc1nc2sc3c(c2c(=O)n1-c1ccc(F)cc1)CCCCC3. The summed E-state index contributed by atoms with van der Waals surface area (Å²) in [5.74, 6) is 0.0140. The molecule has 5 nitrogen and oxygen atoms in total. The monoisotopic (exact) mass is 387 g/mol. The van der Waals surface area contributed by atoms with Gasteiger partial charge in [0.25, 0.3) is 5.56 Å². The molecule has 1 aliphatic rings. The molecule has 0 amide bonds. The number of nitrogens with one attached hydrogen (secondary N) is 1. The highest BCUT2D eigenvalue weighted by Gasteiger charge is 2.22. The number of nitrogens with zero attached hydrogens (tertiary/aromatic N) is 2. The van der Waals surface area contributed by atoms with Crippen LogP contribution in [0.3, 0.4) is 0 Å². The van der Waals surface area contributed by atoms with Crippen LogP contribution in [0.4, 0.5) is 10.3 Å². The third-order valence-electron chi connectivity index (χ3n) is 4.88. The van der Waals surface area contributed by atoms with Crippen LogP contribution < -0.4 is 10.9 Å². The van der Waals surface area contributed by atoms with Crippen LogP contribution in [-0.4, -0.2) is 27.3 Å². The zero-order valence-corrected chi connectivity index (χ0v) is 16.0. The van der Waals surface area contributed by atoms with Crippen molar-refractivity contribution in [2.75, 3.05) is 11.9 Å². The van der Waals surface area contributed by atoms with Crippen molar-refractivity contribution in [3.63, 3.8) is 0 Å². The second-order valence-corrected chi connectivity index (χ2v) is 8.11. The van der Waals surface area contributed by atoms with E-state index in [-0.39, 0.29) is 17.9 Å². The molecule has 1 aromatic carbocycles. The van der Waals surface area contributed by atoms with Crippen molar-refractivity contribution in [3.05, 3.63) is 50.9 Å². The highest BCUT2D eigenvalue weighted by Crippen LogP contribution is 2.34. The zero-order valence-electron chi connectivity index (χ0n) is 15.2. The van der Waals surface area contributed by atoms with E-state index in [9.17, 15) is 14.3 Å². The Morgan fingerprint density at radius 3 is 2.74 bits per heavy atom. The Kier molecular flexibility index (Phi) is 4.97. The fraction of sp³-hybridized carbons (Fsp3) is 0.400. The Morgan fingerprint density at radius 2 is 2.00 bits per heavy atom. The Hall–Kier alpha value is -2.25. The van der Waals surface area contributed by atoms with Crippen LogP contribution in [-0.2, 0) is 12.8 Å². The van der Waals surface area contributed by atoms with Gasteiger partial charge in [-0.2, -0.15) is 0 Å². The molecule has 4 rings (SSSR count). The van der Waals surface area contributed by atoms with E-state index in [0.717, 1.165) is 36.1 Å². The lowest BCUT2D eigenvalue weighted by Gasteiger charge is -2.15. The molecule has 3 aromatic rings. The van der Waals surface area contributed by atoms with E-state index in [1.807, 2.05) is 0 Å². The van der Waals surface area contributed by atoms with Crippen LogP contribution >= 0.6 is 11.3 Å². The molecule has 0 bridgehead atoms. The molecule has 7 heteroatoms. The molecule has 1 atom stereocenters. The Balaban J connectivity index is 1.95. The highest BCUT2D eigenvalue weighted by atomic mass is 32.1. The number of rotatable bonds is 4. The summed E-state index contributed by atoms with van der Waals surface area (Å²) in [5, 5.41) is 13.4. The lowest BCUT2D eigenvalue weighted by molar-refractivity contribution is 0.208. The standard InChI is InChI=1S/C20H22FN3O2S/c1-12(25)11-22-20-23-18-17(15-5-3-2-4-6-16(15)27-18)19(26)24(20)14-9-7-13(21)8-10-14/h7-10,12,25H,2-6,11H2,1H3,(H,22,23)/t12-/m0/s1. The molecular formula is C20H22FN3O2S. The maximum Gasteiger partial charge on any atom is 0.268 e. The molecule has 0 fully saturated rings. The van der Waals surface area contributed by atoms with Crippen molar-refractivity contribution in [3.8, 4) is 5.69 Å². The first kappa shape index (κ1) is 18.1. The first-order valence-corrected chi connectivity index (χ1v) is 10.1. The Morgan fingerprint density at radius 1 is 1.26 bits per heavy atom. The molecule has 2 aromatic heterocycles. The predicted octanol–water partition coefficient (Wildman–Crippen LogP) is 3.65. The van der Waals surface area contributed by atoms with E-state index in [0.29, 0.717) is 17.0 Å². The van der Waals surface area contributed by atoms with Crippen LogP contribution in [0.5, 0.6) is 0 Å². The predicted molar refractivity (Wildman–Crippen MR) is 107 cm³/mol. The summed E-state index contributed by atoms with van der Waals surface area (Å²) in [4.78, 5) is 20.2. The van der Waals surface area contributed by atoms with Crippen LogP contribution in [0, 0.1) is 5.82 Å². The number of halogens is 1. The smallest absolute Gasteiger partial charge is 0.268 e. The van der Waals surface area contributed by atoms with Crippen molar-refractivity contribution in [2.24, 2.45) is 0 Å². The van der Waals surface area contributed by atoms with Crippen LogP contribution in [0.15, 0.2) is 29.1 Å². The largest absolute Gasteiger partial charge is 0.392 e. The molecule has 0 spiro atoms. The van der Waals surface area contributed by atoms with Gasteiger partial charge in [-0.3, -0.25) is 4.79 Å². The number of thiophene rings is 1. The second kappa shape index (κ2) is 7.40. The van der Waals surface area contributed by atoms with E-state index in [1.165, 1.54) is 28.0 Å². The first-order valence-electron chi connectivity index (χ1n) is 9.30. The number of aliphatic hydroxyl groups excluding tert-OH is 1. The molecule has 0 saturated heterocycles. The second-order valence-electron chi connectivity index (χ2n) is 7.03. The molecule has 2 N–H and O–H groups in total. The van der Waals surface area contributed by atoms with Crippen molar-refractivity contribution in [2.45, 2.75) is 45.1 Å². The van der Waals surface area contributed by atoms with Gasteiger partial charge in [-0.15, -0.1) is 11.3 Å². The van der Waals surface area contributed by atoms with Gasteiger partial charge < -0.3 is 10.4 Å². The van der Waals surface area contributed by atoms with Gasteiger partial charge in [0.05, 0.1) is 17.2 Å². The maximum atomic E-state index is 13.5. The molecule has 0 unspecified atom stereocenters. The molecule has 2 heterocycles. The molecular weight excluding hydrogens is 365 g/mol. The molecule has 142 valence electrons. The van der Waals surface area contributed by atoms with Crippen LogP contribution in [0.1, 0.15) is 36.6 Å². The quantitative estimate of drug-likeness (QED) is 0.671. The average molecular weight is 387 g/mol. The number of aromatic nitrogens is 2. The number of fused-ring (bicyclic) bond motifs is 3. The van der Waals surface area contributed by atoms with Crippen molar-refractivity contribution >= 4 is 27.5 Å². The maximum absolute atomic E-state index is 13.5. The number of aliphatic hydroxyl groups is 1. The molecule has 27 heavy (non-hydrogen) atoms. The van der Waals surface area contributed by atoms with Gasteiger partial charge in [0.15, 0.2) is 0 Å². The van der Waals surface area contributed by atoms with Gasteiger partial charge in [0, 0.05) is 11.4 Å². The molecule has 0 saturated carbocycles. The van der Waals surface area contributed by atoms with Gasteiger partial charge in [0.2, 0.25) is 5.95 Å². The van der Waals surface area contributed by atoms with Gasteiger partial charge in [-0.25, -0.2) is 13.9 Å². The Labute approximate surface area is 160 Å². The number of anilines is 1. The summed E-state index contributed by atoms with van der Waals surface area (Å²) < 4.78 is 14.9. The van der Waals surface area contributed by atoms with Crippen LogP contribution in [0.2, 0.25) is 0 Å². The number of benzene rings is 1. The normalized spacial score (nSPS) is 15.4. The summed E-state index contributed by atoms with van der Waals surface area (Å²) in [7, 11) is 0. The van der Waals surface area contributed by atoms with Gasteiger partial charge in [-0.05, 0) is 62.4 Å². The van der Waals surface area contributed by atoms with Crippen molar-refractivity contribution in [1.82, 2.24) is 9.55 Å². The van der Waals surface area contributed by atoms with Gasteiger partial charge >= 0.3 is 0 Å². The topological polar surface area (TPSA) is 67.2 Å². The van der Waals surface area contributed by atoms with E-state index in [1.54, 1.807) is 30.4 Å². The lowest BCUT2D eigenvalue weighted by Crippen LogP contribution is -2.26. The minimum atomic E-state index is -0.584. The molecule has 0 radical (unpaired) electrons. The van der Waals surface area contributed by atoms with E-state index in [4.69, 9.17) is 4.98 Å².